The van der Waals surface area contributed by atoms with E-state index in [0.717, 1.165) is 11.3 Å². The molecule has 0 bridgehead atoms. The smallest absolute Gasteiger partial charge is 0.400 e. The Kier molecular flexibility index (Phi) is 4.53. The van der Waals surface area contributed by atoms with Crippen molar-refractivity contribution in [1.29, 1.82) is 0 Å². The van der Waals surface area contributed by atoms with Crippen molar-refractivity contribution >= 4 is 13.2 Å². The quantitative estimate of drug-likeness (QED) is 0.824. The van der Waals surface area contributed by atoms with Crippen LogP contribution >= 0.6 is 0 Å². The molecule has 0 spiro atoms. The van der Waals surface area contributed by atoms with Crippen LogP contribution in [0, 0.1) is 0 Å². The first kappa shape index (κ1) is 16.2. The lowest BCUT2D eigenvalue weighted by Crippen LogP contribution is -2.41. The highest BCUT2D eigenvalue weighted by Gasteiger charge is 2.50. The SMILES string of the molecule is CC1(C)OB(/C=C/c2ncccc2[C@H](N)CN)OC1(C)C. The Morgan fingerprint density at radius 3 is 2.48 bits per heavy atom. The molecule has 2 rings (SSSR count). The van der Waals surface area contributed by atoms with Crippen molar-refractivity contribution in [2.75, 3.05) is 6.54 Å². The van der Waals surface area contributed by atoms with Gasteiger partial charge in [-0.1, -0.05) is 12.0 Å². The minimum Gasteiger partial charge on any atom is -0.400 e. The van der Waals surface area contributed by atoms with Crippen LogP contribution in [0.4, 0.5) is 0 Å². The van der Waals surface area contributed by atoms with Gasteiger partial charge in [-0.25, -0.2) is 0 Å². The summed E-state index contributed by atoms with van der Waals surface area (Å²) in [5.74, 6) is 1.87. The summed E-state index contributed by atoms with van der Waals surface area (Å²) < 4.78 is 11.8. The fraction of sp³-hybridized carbons (Fsp3) is 0.533. The molecule has 0 aromatic carbocycles. The van der Waals surface area contributed by atoms with E-state index in [9.17, 15) is 0 Å². The Morgan fingerprint density at radius 2 is 1.90 bits per heavy atom. The average molecular weight is 289 g/mol. The van der Waals surface area contributed by atoms with Crippen LogP contribution in [0.2, 0.25) is 0 Å². The van der Waals surface area contributed by atoms with Gasteiger partial charge in [0.25, 0.3) is 0 Å². The summed E-state index contributed by atoms with van der Waals surface area (Å²) in [6, 6.07) is 3.57. The molecule has 1 saturated heterocycles. The number of nitrogens with zero attached hydrogens (tertiary/aromatic N) is 1. The van der Waals surface area contributed by atoms with Crippen LogP contribution in [0.3, 0.4) is 0 Å². The lowest BCUT2D eigenvalue weighted by Gasteiger charge is -2.32. The van der Waals surface area contributed by atoms with Crippen molar-refractivity contribution in [2.45, 2.75) is 44.9 Å². The summed E-state index contributed by atoms with van der Waals surface area (Å²) in [6.07, 6.45) is 3.61. The molecule has 0 aliphatic carbocycles. The minimum atomic E-state index is -0.390. The van der Waals surface area contributed by atoms with E-state index in [-0.39, 0.29) is 24.4 Å². The van der Waals surface area contributed by atoms with Crippen LogP contribution < -0.4 is 11.5 Å². The minimum absolute atomic E-state index is 0.225. The van der Waals surface area contributed by atoms with E-state index in [1.807, 2.05) is 51.9 Å². The van der Waals surface area contributed by atoms with E-state index in [1.54, 1.807) is 6.20 Å². The zero-order valence-electron chi connectivity index (χ0n) is 13.2. The van der Waals surface area contributed by atoms with Crippen LogP contribution in [-0.2, 0) is 9.31 Å². The second-order valence-corrected chi connectivity index (χ2v) is 6.30. The topological polar surface area (TPSA) is 83.4 Å². The first-order valence-electron chi connectivity index (χ1n) is 7.21. The third kappa shape index (κ3) is 3.35. The third-order valence-corrected chi connectivity index (χ3v) is 4.21. The van der Waals surface area contributed by atoms with Gasteiger partial charge < -0.3 is 20.8 Å². The number of nitrogens with two attached hydrogens (primary N) is 2. The maximum atomic E-state index is 6.00. The van der Waals surface area contributed by atoms with Crippen LogP contribution in [0.25, 0.3) is 6.08 Å². The van der Waals surface area contributed by atoms with Gasteiger partial charge in [0.15, 0.2) is 0 Å². The summed E-state index contributed by atoms with van der Waals surface area (Å²) >= 11 is 0. The van der Waals surface area contributed by atoms with Gasteiger partial charge in [-0.15, -0.1) is 0 Å². The normalized spacial score (nSPS) is 21.9. The molecule has 1 aliphatic rings. The van der Waals surface area contributed by atoms with Crippen molar-refractivity contribution in [3.05, 3.63) is 35.6 Å². The lowest BCUT2D eigenvalue weighted by atomic mass is 9.89. The maximum absolute atomic E-state index is 6.00. The molecule has 1 atom stereocenters. The first-order chi connectivity index (χ1) is 9.77. The van der Waals surface area contributed by atoms with Gasteiger partial charge in [-0.05, 0) is 45.4 Å². The van der Waals surface area contributed by atoms with Gasteiger partial charge in [0, 0.05) is 18.8 Å². The fourth-order valence-corrected chi connectivity index (χ4v) is 2.15. The summed E-state index contributed by atoms with van der Waals surface area (Å²) in [5, 5.41) is 0. The van der Waals surface area contributed by atoms with Gasteiger partial charge in [-0.2, -0.15) is 0 Å². The summed E-state index contributed by atoms with van der Waals surface area (Å²) in [5.41, 5.74) is 12.7. The fourth-order valence-electron chi connectivity index (χ4n) is 2.15. The molecule has 5 nitrogen and oxygen atoms in total. The molecular weight excluding hydrogens is 265 g/mol. The highest BCUT2D eigenvalue weighted by Crippen LogP contribution is 2.37. The number of hydrogen-bond acceptors (Lipinski definition) is 5. The summed E-state index contributed by atoms with van der Waals surface area (Å²) in [6.45, 7) is 8.48. The molecule has 0 unspecified atom stereocenters. The Morgan fingerprint density at radius 1 is 1.29 bits per heavy atom. The molecule has 1 aromatic heterocycles. The van der Waals surface area contributed by atoms with Crippen molar-refractivity contribution < 1.29 is 9.31 Å². The molecule has 21 heavy (non-hydrogen) atoms. The zero-order chi connectivity index (χ0) is 15.7. The number of aromatic nitrogens is 1. The second-order valence-electron chi connectivity index (χ2n) is 6.30. The third-order valence-electron chi connectivity index (χ3n) is 4.21. The average Bonchev–Trinajstić information content (AvgIpc) is 2.64. The highest BCUT2D eigenvalue weighted by atomic mass is 16.7. The highest BCUT2D eigenvalue weighted by molar-refractivity contribution is 6.52. The van der Waals surface area contributed by atoms with Crippen molar-refractivity contribution in [3.63, 3.8) is 0 Å². The Hall–Kier alpha value is -1.21. The molecule has 1 fully saturated rings. The predicted octanol–water partition coefficient (Wildman–Crippen LogP) is 1.68. The molecule has 1 aromatic rings. The molecule has 6 heteroatoms. The van der Waals surface area contributed by atoms with E-state index < -0.39 is 0 Å². The molecule has 114 valence electrons. The summed E-state index contributed by atoms with van der Waals surface area (Å²) in [4.78, 5) is 4.35. The molecule has 2 heterocycles. The van der Waals surface area contributed by atoms with Crippen LogP contribution in [-0.4, -0.2) is 29.8 Å². The number of rotatable bonds is 4. The van der Waals surface area contributed by atoms with Gasteiger partial charge in [0.2, 0.25) is 0 Å². The predicted molar refractivity (Wildman–Crippen MR) is 85.3 cm³/mol. The van der Waals surface area contributed by atoms with Crippen LogP contribution in [0.1, 0.15) is 45.0 Å². The Labute approximate surface area is 126 Å². The van der Waals surface area contributed by atoms with Crippen molar-refractivity contribution in [3.8, 4) is 0 Å². The zero-order valence-corrected chi connectivity index (χ0v) is 13.2. The lowest BCUT2D eigenvalue weighted by molar-refractivity contribution is 0.00578. The largest absolute Gasteiger partial charge is 0.487 e. The van der Waals surface area contributed by atoms with Crippen LogP contribution in [0.15, 0.2) is 24.3 Å². The molecule has 1 aliphatic heterocycles. The Bertz CT molecular complexity index is 515. The standard InChI is InChI=1S/C15H24BN3O2/c1-14(2)15(3,4)21-16(20-14)8-7-13-11(12(18)10-17)6-5-9-19-13/h5-9,12H,10,17-18H2,1-4H3/b8-7+/t12-/m1/s1. The van der Waals surface area contributed by atoms with Gasteiger partial charge in [0.1, 0.15) is 0 Å². The molecule has 0 saturated carbocycles. The molecule has 4 N–H and O–H groups in total. The van der Waals surface area contributed by atoms with E-state index >= 15 is 0 Å². The van der Waals surface area contributed by atoms with Crippen molar-refractivity contribution in [2.24, 2.45) is 11.5 Å². The monoisotopic (exact) mass is 289 g/mol. The second kappa shape index (κ2) is 5.89. The molecule has 0 amide bonds. The van der Waals surface area contributed by atoms with E-state index in [4.69, 9.17) is 20.8 Å². The Balaban J connectivity index is 2.17. The van der Waals surface area contributed by atoms with Gasteiger partial charge in [0.05, 0.1) is 16.9 Å². The van der Waals surface area contributed by atoms with E-state index in [2.05, 4.69) is 4.98 Å². The van der Waals surface area contributed by atoms with Crippen LogP contribution in [0.5, 0.6) is 0 Å². The van der Waals surface area contributed by atoms with Gasteiger partial charge in [-0.3, -0.25) is 4.98 Å². The molecule has 0 radical (unpaired) electrons. The molecular formula is C15H24BN3O2. The summed E-state index contributed by atoms with van der Waals surface area (Å²) in [7, 11) is -0.390. The van der Waals surface area contributed by atoms with Crippen molar-refractivity contribution in [1.82, 2.24) is 4.98 Å². The van der Waals surface area contributed by atoms with E-state index in [0.29, 0.717) is 6.54 Å². The first-order valence-corrected chi connectivity index (χ1v) is 7.21. The maximum Gasteiger partial charge on any atom is 0.487 e. The van der Waals surface area contributed by atoms with Gasteiger partial charge >= 0.3 is 7.12 Å². The van der Waals surface area contributed by atoms with E-state index in [1.165, 1.54) is 0 Å². The number of hydrogen-bond donors (Lipinski definition) is 2. The number of pyridine rings is 1.